The minimum absolute atomic E-state index is 0.0358. The molecule has 0 bridgehead atoms. The maximum Gasteiger partial charge on any atom is 0.271 e. The zero-order chi connectivity index (χ0) is 23.2. The highest BCUT2D eigenvalue weighted by Gasteiger charge is 2.32. The van der Waals surface area contributed by atoms with Crippen molar-refractivity contribution in [1.29, 1.82) is 0 Å². The Bertz CT molecular complexity index is 1610. The second kappa shape index (κ2) is 8.57. The number of rotatable bonds is 3. The van der Waals surface area contributed by atoms with Crippen LogP contribution in [0.4, 0.5) is 0 Å². The SMILES string of the molecule is CSc1ccc(C=c2sc3n(c2=O)C(c2ccc(C)cc2)C2=C(N=3)c3ccccc3CC2)cc1. The van der Waals surface area contributed by atoms with E-state index >= 15 is 0 Å². The summed E-state index contributed by atoms with van der Waals surface area (Å²) in [6.45, 7) is 2.10. The molecule has 34 heavy (non-hydrogen) atoms. The Morgan fingerprint density at radius 3 is 2.53 bits per heavy atom. The first-order valence-corrected chi connectivity index (χ1v) is 13.5. The van der Waals surface area contributed by atoms with E-state index in [4.69, 9.17) is 4.99 Å². The quantitative estimate of drug-likeness (QED) is 0.371. The maximum absolute atomic E-state index is 13.8. The molecule has 0 radical (unpaired) electrons. The lowest BCUT2D eigenvalue weighted by molar-refractivity contribution is 0.585. The Kier molecular flexibility index (Phi) is 5.39. The van der Waals surface area contributed by atoms with Gasteiger partial charge >= 0.3 is 0 Å². The molecule has 4 aromatic rings. The van der Waals surface area contributed by atoms with E-state index in [2.05, 4.69) is 86.0 Å². The minimum atomic E-state index is -0.124. The molecule has 0 N–H and O–H groups in total. The van der Waals surface area contributed by atoms with Gasteiger partial charge < -0.3 is 0 Å². The predicted octanol–water partition coefficient (Wildman–Crippen LogP) is 5.35. The summed E-state index contributed by atoms with van der Waals surface area (Å²) in [6, 6.07) is 25.3. The van der Waals surface area contributed by atoms with Crippen molar-refractivity contribution in [1.82, 2.24) is 4.57 Å². The molecule has 1 aliphatic carbocycles. The molecule has 2 aliphatic rings. The largest absolute Gasteiger partial charge is 0.272 e. The van der Waals surface area contributed by atoms with Gasteiger partial charge in [-0.2, -0.15) is 0 Å². The summed E-state index contributed by atoms with van der Waals surface area (Å²) in [6.07, 6.45) is 5.95. The third kappa shape index (κ3) is 3.60. The van der Waals surface area contributed by atoms with Gasteiger partial charge in [0.2, 0.25) is 0 Å². The fraction of sp³-hybridized carbons (Fsp3) is 0.172. The lowest BCUT2D eigenvalue weighted by atomic mass is 9.83. The Balaban J connectivity index is 1.59. The molecule has 168 valence electrons. The molecule has 1 aromatic heterocycles. The fourth-order valence-electron chi connectivity index (χ4n) is 4.92. The molecule has 0 saturated heterocycles. The van der Waals surface area contributed by atoms with Gasteiger partial charge in [0.25, 0.3) is 5.56 Å². The van der Waals surface area contributed by atoms with Crippen molar-refractivity contribution in [2.75, 3.05) is 6.26 Å². The molecule has 3 aromatic carbocycles. The van der Waals surface area contributed by atoms with E-state index in [9.17, 15) is 4.79 Å². The highest BCUT2D eigenvalue weighted by molar-refractivity contribution is 7.98. The predicted molar refractivity (Wildman–Crippen MR) is 142 cm³/mol. The number of fused-ring (bicyclic) bond motifs is 3. The van der Waals surface area contributed by atoms with Crippen LogP contribution in [-0.4, -0.2) is 10.8 Å². The van der Waals surface area contributed by atoms with Crippen LogP contribution >= 0.6 is 23.1 Å². The summed E-state index contributed by atoms with van der Waals surface area (Å²) in [5.41, 5.74) is 8.25. The number of thiazole rings is 1. The number of aromatic nitrogens is 1. The number of benzene rings is 3. The van der Waals surface area contributed by atoms with Crippen LogP contribution in [0.5, 0.6) is 0 Å². The smallest absolute Gasteiger partial charge is 0.271 e. The van der Waals surface area contributed by atoms with Crippen molar-refractivity contribution < 1.29 is 0 Å². The van der Waals surface area contributed by atoms with E-state index in [1.54, 1.807) is 11.8 Å². The normalized spacial score (nSPS) is 17.1. The molecule has 2 heterocycles. The van der Waals surface area contributed by atoms with Crippen LogP contribution in [0.2, 0.25) is 0 Å². The molecule has 0 amide bonds. The van der Waals surface area contributed by atoms with Crippen molar-refractivity contribution >= 4 is 34.9 Å². The molecular weight excluding hydrogens is 456 g/mol. The van der Waals surface area contributed by atoms with Gasteiger partial charge in [-0.05, 0) is 66.5 Å². The van der Waals surface area contributed by atoms with Crippen molar-refractivity contribution in [3.63, 3.8) is 0 Å². The minimum Gasteiger partial charge on any atom is -0.272 e. The summed E-state index contributed by atoms with van der Waals surface area (Å²) in [4.78, 5) is 20.8. The lowest BCUT2D eigenvalue weighted by Gasteiger charge is -2.30. The molecule has 0 saturated carbocycles. The third-order valence-corrected chi connectivity index (χ3v) is 8.41. The highest BCUT2D eigenvalue weighted by atomic mass is 32.2. The van der Waals surface area contributed by atoms with Crippen molar-refractivity contribution in [3.8, 4) is 0 Å². The first-order valence-electron chi connectivity index (χ1n) is 11.5. The second-order valence-electron chi connectivity index (χ2n) is 8.80. The van der Waals surface area contributed by atoms with Gasteiger partial charge in [0.1, 0.15) is 0 Å². The Hall–Kier alpha value is -3.15. The van der Waals surface area contributed by atoms with E-state index in [-0.39, 0.29) is 11.6 Å². The average Bonchev–Trinajstić information content (AvgIpc) is 3.18. The van der Waals surface area contributed by atoms with E-state index in [1.165, 1.54) is 38.5 Å². The summed E-state index contributed by atoms with van der Waals surface area (Å²) < 4.78 is 2.64. The van der Waals surface area contributed by atoms with Crippen LogP contribution in [0.15, 0.2) is 93.1 Å². The molecule has 1 atom stereocenters. The molecule has 3 nitrogen and oxygen atoms in total. The van der Waals surface area contributed by atoms with Crippen molar-refractivity contribution in [3.05, 3.63) is 126 Å². The van der Waals surface area contributed by atoms with Gasteiger partial charge in [-0.25, -0.2) is 4.99 Å². The monoisotopic (exact) mass is 480 g/mol. The number of hydrogen-bond donors (Lipinski definition) is 0. The number of thioether (sulfide) groups is 1. The Morgan fingerprint density at radius 2 is 1.76 bits per heavy atom. The van der Waals surface area contributed by atoms with E-state index in [1.807, 2.05) is 10.6 Å². The van der Waals surface area contributed by atoms with Gasteiger partial charge in [-0.3, -0.25) is 9.36 Å². The topological polar surface area (TPSA) is 34.4 Å². The molecule has 6 rings (SSSR count). The van der Waals surface area contributed by atoms with E-state index in [0.29, 0.717) is 0 Å². The van der Waals surface area contributed by atoms with E-state index in [0.717, 1.165) is 39.0 Å². The zero-order valence-electron chi connectivity index (χ0n) is 19.1. The van der Waals surface area contributed by atoms with E-state index < -0.39 is 0 Å². The fourth-order valence-corrected chi connectivity index (χ4v) is 6.33. The molecule has 1 unspecified atom stereocenters. The number of nitrogens with zero attached hydrogens (tertiary/aromatic N) is 2. The number of aryl methyl sites for hydroxylation is 2. The summed E-state index contributed by atoms with van der Waals surface area (Å²) >= 11 is 3.20. The van der Waals surface area contributed by atoms with Gasteiger partial charge in [-0.15, -0.1) is 11.8 Å². The first kappa shape index (κ1) is 21.4. The maximum atomic E-state index is 13.8. The standard InChI is InChI=1S/C29H24N2OS2/c1-18-7-11-21(12-8-18)27-24-16-13-20-5-3-4-6-23(20)26(24)30-29-31(27)28(32)25(34-29)17-19-9-14-22(33-2)15-10-19/h3-12,14-15,17,27H,13,16H2,1-2H3. The van der Waals surface area contributed by atoms with Crippen LogP contribution in [0, 0.1) is 6.92 Å². The second-order valence-corrected chi connectivity index (χ2v) is 10.7. The van der Waals surface area contributed by atoms with Gasteiger partial charge in [0.05, 0.1) is 16.3 Å². The Labute approximate surface area is 206 Å². The van der Waals surface area contributed by atoms with Crippen molar-refractivity contribution in [2.24, 2.45) is 4.99 Å². The van der Waals surface area contributed by atoms with Crippen LogP contribution in [0.25, 0.3) is 11.8 Å². The van der Waals surface area contributed by atoms with Crippen molar-refractivity contribution in [2.45, 2.75) is 30.7 Å². The molecular formula is C29H24N2OS2. The highest BCUT2D eigenvalue weighted by Crippen LogP contribution is 2.41. The third-order valence-electron chi connectivity index (χ3n) is 6.68. The summed E-state index contributed by atoms with van der Waals surface area (Å²) in [5, 5.41) is 0. The average molecular weight is 481 g/mol. The van der Waals surface area contributed by atoms with Crippen LogP contribution in [-0.2, 0) is 6.42 Å². The molecule has 1 aliphatic heterocycles. The van der Waals surface area contributed by atoms with Crippen LogP contribution in [0.3, 0.4) is 0 Å². The first-order chi connectivity index (χ1) is 16.6. The molecule has 5 heteroatoms. The zero-order valence-corrected chi connectivity index (χ0v) is 20.7. The molecule has 0 fully saturated rings. The summed E-state index contributed by atoms with van der Waals surface area (Å²) in [7, 11) is 0. The lowest BCUT2D eigenvalue weighted by Crippen LogP contribution is -2.38. The van der Waals surface area contributed by atoms with Gasteiger partial charge in [0, 0.05) is 10.5 Å². The Morgan fingerprint density at radius 1 is 1.00 bits per heavy atom. The number of allylic oxidation sites excluding steroid dienone is 1. The van der Waals surface area contributed by atoms with Gasteiger partial charge in [0.15, 0.2) is 4.80 Å². The number of hydrogen-bond acceptors (Lipinski definition) is 4. The molecule has 0 spiro atoms. The van der Waals surface area contributed by atoms with Crippen LogP contribution < -0.4 is 14.9 Å². The van der Waals surface area contributed by atoms with Gasteiger partial charge in [-0.1, -0.05) is 77.6 Å². The van der Waals surface area contributed by atoms with Crippen LogP contribution in [0.1, 0.15) is 40.3 Å². The summed E-state index contributed by atoms with van der Waals surface area (Å²) in [5.74, 6) is 0.